The highest BCUT2D eigenvalue weighted by atomic mass is 16.5. The zero-order chi connectivity index (χ0) is 19.2. The zero-order valence-electron chi connectivity index (χ0n) is 15.3. The van der Waals surface area contributed by atoms with Crippen LogP contribution in [0.15, 0.2) is 78.9 Å². The normalized spacial score (nSPS) is 11.5. The summed E-state index contributed by atoms with van der Waals surface area (Å²) in [5, 5.41) is 0. The standard InChI is InChI=1S/C24H20O3/c1-17(22-14-13-21(27-2)15-20(22)16-25)23(18-9-5-3-6-10-18)24(26)19-11-7-4-8-12-19/h3-16H,1-2H3/b23-17-. The molecular weight excluding hydrogens is 336 g/mol. The molecule has 0 atom stereocenters. The lowest BCUT2D eigenvalue weighted by atomic mass is 9.88. The van der Waals surface area contributed by atoms with E-state index in [9.17, 15) is 9.59 Å². The van der Waals surface area contributed by atoms with Gasteiger partial charge in [0.05, 0.1) is 7.11 Å². The fraction of sp³-hybridized carbons (Fsp3) is 0.0833. The van der Waals surface area contributed by atoms with Crippen molar-refractivity contribution in [2.45, 2.75) is 6.92 Å². The Hall–Kier alpha value is -3.46. The second-order valence-electron chi connectivity index (χ2n) is 6.13. The molecule has 0 aromatic heterocycles. The van der Waals surface area contributed by atoms with Gasteiger partial charge < -0.3 is 4.74 Å². The molecule has 0 bridgehead atoms. The van der Waals surface area contributed by atoms with Gasteiger partial charge >= 0.3 is 0 Å². The van der Waals surface area contributed by atoms with Crippen molar-refractivity contribution in [3.05, 3.63) is 101 Å². The summed E-state index contributed by atoms with van der Waals surface area (Å²) < 4.78 is 5.21. The number of hydrogen-bond acceptors (Lipinski definition) is 3. The Morgan fingerprint density at radius 1 is 0.852 bits per heavy atom. The fourth-order valence-corrected chi connectivity index (χ4v) is 3.10. The van der Waals surface area contributed by atoms with Crippen LogP contribution >= 0.6 is 0 Å². The van der Waals surface area contributed by atoms with Crippen molar-refractivity contribution in [1.82, 2.24) is 0 Å². The number of ketones is 1. The summed E-state index contributed by atoms with van der Waals surface area (Å²) in [7, 11) is 1.56. The lowest BCUT2D eigenvalue weighted by molar-refractivity contribution is 0.105. The predicted molar refractivity (Wildman–Crippen MR) is 108 cm³/mol. The summed E-state index contributed by atoms with van der Waals surface area (Å²) in [6.45, 7) is 1.87. The lowest BCUT2D eigenvalue weighted by Gasteiger charge is -2.15. The molecule has 0 saturated carbocycles. The molecule has 3 nitrogen and oxygen atoms in total. The van der Waals surface area contributed by atoms with Gasteiger partial charge in [-0.3, -0.25) is 9.59 Å². The van der Waals surface area contributed by atoms with Gasteiger partial charge in [0.15, 0.2) is 12.1 Å². The predicted octanol–water partition coefficient (Wildman–Crippen LogP) is 5.32. The van der Waals surface area contributed by atoms with Gasteiger partial charge in [-0.15, -0.1) is 0 Å². The second kappa shape index (κ2) is 8.28. The Bertz CT molecular complexity index is 987. The van der Waals surface area contributed by atoms with Crippen LogP contribution in [0.1, 0.15) is 38.8 Å². The molecule has 0 aliphatic heterocycles. The second-order valence-corrected chi connectivity index (χ2v) is 6.13. The number of allylic oxidation sites excluding steroid dienone is 2. The number of methoxy groups -OCH3 is 1. The van der Waals surface area contributed by atoms with Gasteiger partial charge in [0.2, 0.25) is 0 Å². The van der Waals surface area contributed by atoms with Crippen LogP contribution in [0.3, 0.4) is 0 Å². The number of carbonyl (C=O) groups excluding carboxylic acids is 2. The number of ether oxygens (including phenoxy) is 1. The smallest absolute Gasteiger partial charge is 0.193 e. The highest BCUT2D eigenvalue weighted by Gasteiger charge is 2.19. The lowest BCUT2D eigenvalue weighted by Crippen LogP contribution is -2.06. The molecule has 3 aromatic carbocycles. The highest BCUT2D eigenvalue weighted by Crippen LogP contribution is 2.32. The van der Waals surface area contributed by atoms with Gasteiger partial charge in [-0.05, 0) is 35.8 Å². The third-order valence-electron chi connectivity index (χ3n) is 4.49. The van der Waals surface area contributed by atoms with E-state index in [1.54, 1.807) is 31.4 Å². The van der Waals surface area contributed by atoms with E-state index < -0.39 is 0 Å². The van der Waals surface area contributed by atoms with Crippen LogP contribution in [0, 0.1) is 0 Å². The molecule has 0 N–H and O–H groups in total. The average Bonchev–Trinajstić information content (AvgIpc) is 2.74. The summed E-state index contributed by atoms with van der Waals surface area (Å²) in [6.07, 6.45) is 0.789. The molecule has 0 spiro atoms. The average molecular weight is 356 g/mol. The number of aldehydes is 1. The Morgan fingerprint density at radius 2 is 1.44 bits per heavy atom. The topological polar surface area (TPSA) is 43.4 Å². The molecule has 0 fully saturated rings. The molecule has 0 unspecified atom stereocenters. The Labute approximate surface area is 158 Å². The maximum Gasteiger partial charge on any atom is 0.193 e. The minimum atomic E-state index is -0.0769. The summed E-state index contributed by atoms with van der Waals surface area (Å²) >= 11 is 0. The van der Waals surface area contributed by atoms with Gasteiger partial charge in [0, 0.05) is 16.7 Å². The van der Waals surface area contributed by atoms with E-state index in [1.165, 1.54) is 0 Å². The molecule has 0 heterocycles. The van der Waals surface area contributed by atoms with Crippen molar-refractivity contribution in [3.63, 3.8) is 0 Å². The highest BCUT2D eigenvalue weighted by molar-refractivity contribution is 6.34. The van der Waals surface area contributed by atoms with Crippen molar-refractivity contribution in [3.8, 4) is 5.75 Å². The third-order valence-corrected chi connectivity index (χ3v) is 4.49. The molecular formula is C24H20O3. The first-order valence-corrected chi connectivity index (χ1v) is 8.65. The molecule has 0 aliphatic rings. The van der Waals surface area contributed by atoms with Crippen LogP contribution in [0.2, 0.25) is 0 Å². The molecule has 0 radical (unpaired) electrons. The van der Waals surface area contributed by atoms with Gasteiger partial charge in [0.1, 0.15) is 5.75 Å². The molecule has 0 saturated heterocycles. The first-order chi connectivity index (χ1) is 13.2. The van der Waals surface area contributed by atoms with Crippen LogP contribution in [0.4, 0.5) is 0 Å². The van der Waals surface area contributed by atoms with Gasteiger partial charge in [0.25, 0.3) is 0 Å². The van der Waals surface area contributed by atoms with E-state index in [0.717, 1.165) is 17.4 Å². The van der Waals surface area contributed by atoms with E-state index in [4.69, 9.17) is 4.74 Å². The van der Waals surface area contributed by atoms with E-state index in [2.05, 4.69) is 0 Å². The first kappa shape index (κ1) is 18.3. The van der Waals surface area contributed by atoms with Crippen LogP contribution < -0.4 is 4.74 Å². The summed E-state index contributed by atoms with van der Waals surface area (Å²) in [4.78, 5) is 24.9. The largest absolute Gasteiger partial charge is 0.497 e. The first-order valence-electron chi connectivity index (χ1n) is 8.65. The number of Topliss-reactive ketones (excluding diaryl/α,β-unsaturated/α-hetero) is 1. The van der Waals surface area contributed by atoms with Crippen molar-refractivity contribution in [1.29, 1.82) is 0 Å². The SMILES string of the molecule is COc1ccc(/C(C)=C(\C(=O)c2ccccc2)c2ccccc2)c(C=O)c1. The van der Waals surface area contributed by atoms with Crippen LogP contribution in [0.25, 0.3) is 11.1 Å². The molecule has 0 amide bonds. The van der Waals surface area contributed by atoms with Gasteiger partial charge in [-0.2, -0.15) is 0 Å². The Morgan fingerprint density at radius 3 is 2.00 bits per heavy atom. The van der Waals surface area contributed by atoms with Crippen LogP contribution in [0.5, 0.6) is 5.75 Å². The fourth-order valence-electron chi connectivity index (χ4n) is 3.10. The van der Waals surface area contributed by atoms with E-state index in [1.807, 2.05) is 61.5 Å². The van der Waals surface area contributed by atoms with Crippen LogP contribution in [-0.4, -0.2) is 19.2 Å². The third kappa shape index (κ3) is 3.87. The maximum atomic E-state index is 13.3. The molecule has 3 rings (SSSR count). The van der Waals surface area contributed by atoms with Crippen molar-refractivity contribution in [2.75, 3.05) is 7.11 Å². The van der Waals surface area contributed by atoms with Gasteiger partial charge in [-0.25, -0.2) is 0 Å². The Balaban J connectivity index is 2.23. The molecule has 27 heavy (non-hydrogen) atoms. The van der Waals surface area contributed by atoms with Crippen LogP contribution in [-0.2, 0) is 0 Å². The number of hydrogen-bond donors (Lipinski definition) is 0. The summed E-state index contributed by atoms with van der Waals surface area (Å²) in [5.74, 6) is 0.524. The van der Waals surface area contributed by atoms with E-state index >= 15 is 0 Å². The van der Waals surface area contributed by atoms with E-state index in [0.29, 0.717) is 28.0 Å². The molecule has 0 aliphatic carbocycles. The molecule has 3 aromatic rings. The van der Waals surface area contributed by atoms with E-state index in [-0.39, 0.29) is 5.78 Å². The quantitative estimate of drug-likeness (QED) is 0.260. The number of carbonyl (C=O) groups is 2. The van der Waals surface area contributed by atoms with Gasteiger partial charge in [-0.1, -0.05) is 66.7 Å². The number of rotatable bonds is 6. The maximum absolute atomic E-state index is 13.3. The monoisotopic (exact) mass is 356 g/mol. The zero-order valence-corrected chi connectivity index (χ0v) is 15.3. The summed E-state index contributed by atoms with van der Waals surface area (Å²) in [5.41, 5.74) is 3.96. The molecule has 3 heteroatoms. The van der Waals surface area contributed by atoms with Crippen molar-refractivity contribution < 1.29 is 14.3 Å². The summed E-state index contributed by atoms with van der Waals surface area (Å²) in [6, 6.07) is 24.0. The Kier molecular flexibility index (Phi) is 5.62. The molecule has 134 valence electrons. The minimum absolute atomic E-state index is 0.0769. The van der Waals surface area contributed by atoms with Crippen molar-refractivity contribution >= 4 is 23.2 Å². The van der Waals surface area contributed by atoms with Crippen molar-refractivity contribution in [2.24, 2.45) is 0 Å². The number of benzene rings is 3. The minimum Gasteiger partial charge on any atom is -0.497 e.